The Morgan fingerprint density at radius 1 is 0.675 bits per heavy atom. The summed E-state index contributed by atoms with van der Waals surface area (Å²) in [6, 6.07) is 36.2. The number of hydrogen-bond acceptors (Lipinski definition) is 3. The average molecular weight is 534 g/mol. The quantitative estimate of drug-likeness (QED) is 0.212. The summed E-state index contributed by atoms with van der Waals surface area (Å²) < 4.78 is 5.17. The van der Waals surface area contributed by atoms with E-state index in [0.29, 0.717) is 5.39 Å². The topological polar surface area (TPSA) is 39.3 Å². The van der Waals surface area contributed by atoms with Gasteiger partial charge in [-0.05, 0) is 70.8 Å². The highest BCUT2D eigenvalue weighted by Gasteiger charge is 2.36. The lowest BCUT2D eigenvalue weighted by molar-refractivity contribution is 0.661. The lowest BCUT2D eigenvalue weighted by Crippen LogP contribution is -2.15. The lowest BCUT2D eigenvalue weighted by Gasteiger charge is -2.21. The summed E-state index contributed by atoms with van der Waals surface area (Å²) in [6.45, 7) is 4.66. The third-order valence-corrected chi connectivity index (χ3v) is 9.77. The predicted octanol–water partition coefficient (Wildman–Crippen LogP) is 8.47. The Kier molecular flexibility index (Phi) is 4.13. The van der Waals surface area contributed by atoms with Crippen LogP contribution in [0.2, 0.25) is 0 Å². The molecule has 5 aromatic carbocycles. The second-order valence-corrected chi connectivity index (χ2v) is 12.3. The molecular weight excluding hydrogens is 510 g/mol. The van der Waals surface area contributed by atoms with E-state index in [4.69, 9.17) is 4.98 Å². The predicted molar refractivity (Wildman–Crippen MR) is 166 cm³/mol. The van der Waals surface area contributed by atoms with Gasteiger partial charge in [-0.25, -0.2) is 4.98 Å². The molecule has 3 aromatic heterocycles. The maximum atomic E-state index is 13.4. The summed E-state index contributed by atoms with van der Waals surface area (Å²) in [7, 11) is 0. The van der Waals surface area contributed by atoms with Crippen molar-refractivity contribution in [3.63, 3.8) is 0 Å². The van der Waals surface area contributed by atoms with E-state index in [2.05, 4.69) is 97.3 Å². The molecule has 0 saturated heterocycles. The van der Waals surface area contributed by atoms with E-state index in [1.165, 1.54) is 44.1 Å². The van der Waals surface area contributed by atoms with Crippen LogP contribution in [0.1, 0.15) is 25.0 Å². The highest BCUT2D eigenvalue weighted by atomic mass is 32.1. The molecule has 0 unspecified atom stereocenters. The smallest absolute Gasteiger partial charge is 0.266 e. The molecule has 0 bridgehead atoms. The fourth-order valence-electron chi connectivity index (χ4n) is 6.84. The number of para-hydroxylation sites is 2. The van der Waals surface area contributed by atoms with Gasteiger partial charge in [0.2, 0.25) is 0 Å². The van der Waals surface area contributed by atoms with Gasteiger partial charge in [0.25, 0.3) is 5.56 Å². The van der Waals surface area contributed by atoms with E-state index < -0.39 is 0 Å². The van der Waals surface area contributed by atoms with E-state index in [1.54, 1.807) is 15.7 Å². The third kappa shape index (κ3) is 2.70. The summed E-state index contributed by atoms with van der Waals surface area (Å²) in [5.41, 5.74) is 10.4. The minimum absolute atomic E-state index is 0.0196. The monoisotopic (exact) mass is 533 g/mol. The second kappa shape index (κ2) is 7.46. The van der Waals surface area contributed by atoms with Gasteiger partial charge in [0.15, 0.2) is 4.96 Å². The Morgan fingerprint density at radius 3 is 2.35 bits per heavy atom. The Hall–Kier alpha value is -4.74. The molecule has 40 heavy (non-hydrogen) atoms. The molecule has 8 aromatic rings. The van der Waals surface area contributed by atoms with Crippen molar-refractivity contribution in [2.75, 3.05) is 0 Å². The molecule has 0 spiro atoms. The molecule has 0 aliphatic heterocycles. The zero-order chi connectivity index (χ0) is 26.7. The zero-order valence-electron chi connectivity index (χ0n) is 22.0. The van der Waals surface area contributed by atoms with Crippen LogP contribution in [0.25, 0.3) is 64.7 Å². The van der Waals surface area contributed by atoms with Crippen molar-refractivity contribution >= 4 is 59.2 Å². The molecule has 190 valence electrons. The highest BCUT2D eigenvalue weighted by molar-refractivity contribution is 7.23. The van der Waals surface area contributed by atoms with Crippen LogP contribution in [-0.2, 0) is 5.41 Å². The Balaban J connectivity index is 1.35. The van der Waals surface area contributed by atoms with Gasteiger partial charge in [0.05, 0.1) is 32.2 Å². The number of rotatable bonds is 1. The van der Waals surface area contributed by atoms with Crippen molar-refractivity contribution in [3.8, 4) is 16.8 Å². The largest absolute Gasteiger partial charge is 0.309 e. The Labute approximate surface area is 233 Å². The van der Waals surface area contributed by atoms with Crippen molar-refractivity contribution in [2.45, 2.75) is 19.3 Å². The van der Waals surface area contributed by atoms with E-state index in [1.807, 2.05) is 24.3 Å². The molecule has 0 amide bonds. The first-order valence-electron chi connectivity index (χ1n) is 13.5. The first kappa shape index (κ1) is 22.1. The number of hydrogen-bond donors (Lipinski definition) is 0. The summed E-state index contributed by atoms with van der Waals surface area (Å²) in [5, 5.41) is 3.13. The fraction of sp³-hybridized carbons (Fsp3) is 0.0857. The van der Waals surface area contributed by atoms with Gasteiger partial charge in [-0.15, -0.1) is 0 Å². The van der Waals surface area contributed by atoms with E-state index in [-0.39, 0.29) is 11.0 Å². The zero-order valence-corrected chi connectivity index (χ0v) is 22.8. The normalized spacial score (nSPS) is 14.1. The van der Waals surface area contributed by atoms with Gasteiger partial charge < -0.3 is 4.57 Å². The van der Waals surface area contributed by atoms with Gasteiger partial charge in [0, 0.05) is 21.9 Å². The van der Waals surface area contributed by atoms with Crippen LogP contribution in [0, 0.1) is 0 Å². The minimum Gasteiger partial charge on any atom is -0.309 e. The fourth-order valence-corrected chi connectivity index (χ4v) is 7.90. The van der Waals surface area contributed by atoms with Crippen LogP contribution in [0.15, 0.2) is 108 Å². The molecule has 0 saturated carbocycles. The summed E-state index contributed by atoms with van der Waals surface area (Å²) >= 11 is 1.56. The molecule has 4 nitrogen and oxygen atoms in total. The highest BCUT2D eigenvalue weighted by Crippen LogP contribution is 2.51. The second-order valence-electron chi connectivity index (χ2n) is 11.2. The van der Waals surface area contributed by atoms with Gasteiger partial charge in [0.1, 0.15) is 0 Å². The van der Waals surface area contributed by atoms with Crippen molar-refractivity contribution in [1.82, 2.24) is 14.0 Å². The maximum Gasteiger partial charge on any atom is 0.266 e. The molecule has 5 heteroatoms. The molecule has 0 fully saturated rings. The Bertz CT molecular complexity index is 2440. The third-order valence-electron chi connectivity index (χ3n) is 8.76. The molecular formula is C35H23N3OS. The number of thiazole rings is 1. The van der Waals surface area contributed by atoms with Crippen LogP contribution in [0.4, 0.5) is 0 Å². The van der Waals surface area contributed by atoms with Gasteiger partial charge in [-0.1, -0.05) is 79.8 Å². The van der Waals surface area contributed by atoms with Crippen LogP contribution in [0.3, 0.4) is 0 Å². The van der Waals surface area contributed by atoms with E-state index in [9.17, 15) is 4.79 Å². The summed E-state index contributed by atoms with van der Waals surface area (Å²) in [6.07, 6.45) is 0. The number of benzene rings is 5. The first-order chi connectivity index (χ1) is 19.5. The standard InChI is InChI=1S/C35H23N3OS/c1-35(2)26-12-6-3-9-21(26)24-18-25-22-10-5-8-14-29(22)37(31(25)19-27(24)35)20-15-16-30-32(17-20)40-34-36-28-13-7-4-11-23(28)33(39)38(30)34/h3-19H,1-2H3. The molecule has 3 heterocycles. The number of nitrogens with zero attached hydrogens (tertiary/aromatic N) is 3. The van der Waals surface area contributed by atoms with Crippen molar-refractivity contribution in [3.05, 3.63) is 125 Å². The molecule has 0 radical (unpaired) electrons. The summed E-state index contributed by atoms with van der Waals surface area (Å²) in [5.74, 6) is 0. The summed E-state index contributed by atoms with van der Waals surface area (Å²) in [4.78, 5) is 18.9. The van der Waals surface area contributed by atoms with Crippen LogP contribution < -0.4 is 5.56 Å². The van der Waals surface area contributed by atoms with Crippen LogP contribution >= 0.6 is 11.3 Å². The van der Waals surface area contributed by atoms with Gasteiger partial charge >= 0.3 is 0 Å². The number of fused-ring (bicyclic) bond motifs is 10. The molecule has 0 N–H and O–H groups in total. The minimum atomic E-state index is -0.0777. The molecule has 1 aliphatic rings. The van der Waals surface area contributed by atoms with Crippen molar-refractivity contribution in [1.29, 1.82) is 0 Å². The molecule has 1 aliphatic carbocycles. The molecule has 0 atom stereocenters. The average Bonchev–Trinajstić information content (AvgIpc) is 3.58. The Morgan fingerprint density at radius 2 is 1.45 bits per heavy atom. The van der Waals surface area contributed by atoms with Crippen LogP contribution in [-0.4, -0.2) is 14.0 Å². The SMILES string of the molecule is CC1(C)c2ccccc2-c2cc3c4ccccc4n(-c4ccc5c(c4)sc4nc6ccccc6c(=O)n45)c3cc21. The van der Waals surface area contributed by atoms with Crippen molar-refractivity contribution < 1.29 is 0 Å². The van der Waals surface area contributed by atoms with Gasteiger partial charge in [-0.3, -0.25) is 9.20 Å². The van der Waals surface area contributed by atoms with Gasteiger partial charge in [-0.2, -0.15) is 0 Å². The van der Waals surface area contributed by atoms with E-state index >= 15 is 0 Å². The lowest BCUT2D eigenvalue weighted by atomic mass is 9.82. The first-order valence-corrected chi connectivity index (χ1v) is 14.3. The van der Waals surface area contributed by atoms with Crippen LogP contribution in [0.5, 0.6) is 0 Å². The number of aromatic nitrogens is 3. The van der Waals surface area contributed by atoms with Crippen molar-refractivity contribution in [2.24, 2.45) is 0 Å². The maximum absolute atomic E-state index is 13.4. The molecule has 9 rings (SSSR count). The van der Waals surface area contributed by atoms with E-state index in [0.717, 1.165) is 26.4 Å².